The zero-order valence-corrected chi connectivity index (χ0v) is 23.1. The fourth-order valence-electron chi connectivity index (χ4n) is 5.57. The molecule has 12 heteroatoms. The molecule has 2 amide bonds. The Morgan fingerprint density at radius 1 is 1.23 bits per heavy atom. The second-order valence-electron chi connectivity index (χ2n) is 10.1. The van der Waals surface area contributed by atoms with Gasteiger partial charge in [-0.05, 0) is 60.3 Å². The third kappa shape index (κ3) is 4.46. The van der Waals surface area contributed by atoms with Crippen LogP contribution in [-0.2, 0) is 9.59 Å². The number of pyridine rings is 1. The summed E-state index contributed by atoms with van der Waals surface area (Å²) in [5, 5.41) is 19.3. The van der Waals surface area contributed by atoms with Crippen molar-refractivity contribution in [2.45, 2.75) is 38.3 Å². The molecular weight excluding hydrogens is 562 g/mol. The van der Waals surface area contributed by atoms with Gasteiger partial charge in [-0.1, -0.05) is 6.07 Å². The SMILES string of the molecule is CC1C(=O)N(C)CCN1C(=O)[C@@H]1CC[C@@H](Nc2ncc3c(Br)nn(-c4cc(C#N)c5ncccc5c4)c3n2)C1. The Balaban J connectivity index is 1.24. The van der Waals surface area contributed by atoms with Gasteiger partial charge in [-0.25, -0.2) is 9.67 Å². The van der Waals surface area contributed by atoms with Crippen molar-refractivity contribution in [2.75, 3.05) is 25.5 Å². The molecule has 2 fully saturated rings. The molecule has 1 aliphatic carbocycles. The number of nitrogens with zero attached hydrogens (tertiary/aromatic N) is 8. The molecule has 4 heterocycles. The lowest BCUT2D eigenvalue weighted by Crippen LogP contribution is -2.57. The summed E-state index contributed by atoms with van der Waals surface area (Å²) in [5.74, 6) is 0.336. The summed E-state index contributed by atoms with van der Waals surface area (Å²) < 4.78 is 2.28. The van der Waals surface area contributed by atoms with Crippen molar-refractivity contribution >= 4 is 55.6 Å². The number of amides is 2. The summed E-state index contributed by atoms with van der Waals surface area (Å²) in [5.41, 5.74) is 2.36. The van der Waals surface area contributed by atoms with Crippen LogP contribution in [0.1, 0.15) is 31.7 Å². The minimum atomic E-state index is -0.430. The van der Waals surface area contributed by atoms with Crippen LogP contribution in [0.15, 0.2) is 41.3 Å². The second-order valence-corrected chi connectivity index (χ2v) is 10.9. The summed E-state index contributed by atoms with van der Waals surface area (Å²) in [4.78, 5) is 42.6. The lowest BCUT2D eigenvalue weighted by molar-refractivity contribution is -0.151. The average molecular weight is 588 g/mol. The van der Waals surface area contributed by atoms with E-state index in [0.29, 0.717) is 52.5 Å². The lowest BCUT2D eigenvalue weighted by atomic mass is 10.0. The maximum atomic E-state index is 13.2. The van der Waals surface area contributed by atoms with Gasteiger partial charge in [0.15, 0.2) is 5.65 Å². The van der Waals surface area contributed by atoms with E-state index in [1.54, 1.807) is 46.9 Å². The molecule has 0 bridgehead atoms. The number of anilines is 1. The highest BCUT2D eigenvalue weighted by Gasteiger charge is 2.38. The Bertz CT molecular complexity index is 1660. The summed E-state index contributed by atoms with van der Waals surface area (Å²) >= 11 is 3.51. The zero-order valence-electron chi connectivity index (χ0n) is 21.5. The molecule has 1 saturated heterocycles. The van der Waals surface area contributed by atoms with E-state index >= 15 is 0 Å². The number of likely N-dealkylation sites (N-methyl/N-ethyl adjacent to an activating group) is 1. The molecular formula is C27H26BrN9O2. The van der Waals surface area contributed by atoms with Gasteiger partial charge in [0.1, 0.15) is 16.7 Å². The van der Waals surface area contributed by atoms with Gasteiger partial charge in [0.25, 0.3) is 0 Å². The first-order valence-electron chi connectivity index (χ1n) is 12.9. The van der Waals surface area contributed by atoms with Crippen molar-refractivity contribution in [3.63, 3.8) is 0 Å². The van der Waals surface area contributed by atoms with E-state index < -0.39 is 6.04 Å². The number of nitriles is 1. The fraction of sp³-hybridized carbons (Fsp3) is 0.370. The Morgan fingerprint density at radius 2 is 2.08 bits per heavy atom. The van der Waals surface area contributed by atoms with E-state index in [0.717, 1.165) is 23.6 Å². The van der Waals surface area contributed by atoms with Crippen molar-refractivity contribution in [1.82, 2.24) is 34.5 Å². The van der Waals surface area contributed by atoms with Crippen molar-refractivity contribution < 1.29 is 9.59 Å². The molecule has 39 heavy (non-hydrogen) atoms. The molecule has 1 saturated carbocycles. The number of aromatic nitrogens is 5. The van der Waals surface area contributed by atoms with Crippen LogP contribution in [-0.4, -0.2) is 78.6 Å². The van der Waals surface area contributed by atoms with Crippen molar-refractivity contribution in [1.29, 1.82) is 5.26 Å². The molecule has 198 valence electrons. The smallest absolute Gasteiger partial charge is 0.244 e. The molecule has 0 spiro atoms. The number of nitrogens with one attached hydrogen (secondary N) is 1. The standard InChI is InChI=1S/C27H26BrN9O2/c1-15-25(38)35(2)8-9-36(15)26(39)17-5-6-19(10-17)32-27-31-14-21-23(28)34-37(24(21)33-27)20-11-16-4-3-7-30-22(16)18(12-20)13-29/h3-4,7,11-12,14-15,17,19H,5-6,8-10H2,1-2H3,(H,31,32,33)/t15?,17-,19-/m1/s1. The number of benzene rings is 1. The number of halogens is 1. The zero-order chi connectivity index (χ0) is 27.3. The quantitative estimate of drug-likeness (QED) is 0.384. The normalized spacial score (nSPS) is 21.5. The van der Waals surface area contributed by atoms with Crippen LogP contribution in [0.5, 0.6) is 0 Å². The van der Waals surface area contributed by atoms with Crippen LogP contribution in [0.4, 0.5) is 5.95 Å². The first kappa shape index (κ1) is 25.2. The van der Waals surface area contributed by atoms with Crippen molar-refractivity contribution in [2.24, 2.45) is 5.92 Å². The number of hydrogen-bond donors (Lipinski definition) is 1. The molecule has 4 aromatic rings. The first-order chi connectivity index (χ1) is 18.8. The number of hydrogen-bond acceptors (Lipinski definition) is 8. The molecule has 3 aromatic heterocycles. The van der Waals surface area contributed by atoms with Gasteiger partial charge in [-0.3, -0.25) is 14.6 Å². The van der Waals surface area contributed by atoms with Gasteiger partial charge in [0.05, 0.1) is 22.2 Å². The Kier molecular flexibility index (Phi) is 6.38. The van der Waals surface area contributed by atoms with Crippen LogP contribution in [0, 0.1) is 17.2 Å². The molecule has 11 nitrogen and oxygen atoms in total. The number of fused-ring (bicyclic) bond motifs is 2. The van der Waals surface area contributed by atoms with Crippen LogP contribution < -0.4 is 5.32 Å². The number of carbonyl (C=O) groups is 2. The molecule has 1 aliphatic heterocycles. The Hall–Kier alpha value is -4.11. The first-order valence-corrected chi connectivity index (χ1v) is 13.7. The van der Waals surface area contributed by atoms with E-state index in [1.807, 2.05) is 18.2 Å². The Morgan fingerprint density at radius 3 is 2.90 bits per heavy atom. The fourth-order valence-corrected chi connectivity index (χ4v) is 6.01. The monoisotopic (exact) mass is 587 g/mol. The Labute approximate surface area is 233 Å². The largest absolute Gasteiger partial charge is 0.351 e. The van der Waals surface area contributed by atoms with E-state index in [1.165, 1.54) is 0 Å². The van der Waals surface area contributed by atoms with E-state index in [-0.39, 0.29) is 23.8 Å². The topological polar surface area (TPSA) is 133 Å². The lowest BCUT2D eigenvalue weighted by Gasteiger charge is -2.38. The molecule has 1 N–H and O–H groups in total. The van der Waals surface area contributed by atoms with Crippen LogP contribution in [0.3, 0.4) is 0 Å². The molecule has 1 unspecified atom stereocenters. The van der Waals surface area contributed by atoms with E-state index in [9.17, 15) is 14.9 Å². The average Bonchev–Trinajstić information content (AvgIpc) is 3.55. The second kappa shape index (κ2) is 9.89. The predicted molar refractivity (Wildman–Crippen MR) is 148 cm³/mol. The van der Waals surface area contributed by atoms with Gasteiger partial charge in [0, 0.05) is 49.9 Å². The summed E-state index contributed by atoms with van der Waals surface area (Å²) in [7, 11) is 1.77. The highest BCUT2D eigenvalue weighted by atomic mass is 79.9. The van der Waals surface area contributed by atoms with Gasteiger partial charge < -0.3 is 15.1 Å². The number of rotatable bonds is 4. The maximum absolute atomic E-state index is 13.2. The molecule has 1 aromatic carbocycles. The minimum absolute atomic E-state index is 0.0173. The van der Waals surface area contributed by atoms with E-state index in [4.69, 9.17) is 4.98 Å². The van der Waals surface area contributed by atoms with Crippen LogP contribution in [0.2, 0.25) is 0 Å². The molecule has 0 radical (unpaired) electrons. The number of piperazine rings is 1. The van der Waals surface area contributed by atoms with Crippen LogP contribution >= 0.6 is 15.9 Å². The molecule has 6 rings (SSSR count). The van der Waals surface area contributed by atoms with E-state index in [2.05, 4.69) is 42.4 Å². The van der Waals surface area contributed by atoms with Gasteiger partial charge in [-0.15, -0.1) is 0 Å². The predicted octanol–water partition coefficient (Wildman–Crippen LogP) is 3.27. The van der Waals surface area contributed by atoms with Crippen molar-refractivity contribution in [3.8, 4) is 11.8 Å². The summed E-state index contributed by atoms with van der Waals surface area (Å²) in [6.45, 7) is 2.92. The van der Waals surface area contributed by atoms with Gasteiger partial charge in [0.2, 0.25) is 17.8 Å². The minimum Gasteiger partial charge on any atom is -0.351 e. The third-order valence-corrected chi connectivity index (χ3v) is 8.30. The van der Waals surface area contributed by atoms with Gasteiger partial charge >= 0.3 is 0 Å². The highest BCUT2D eigenvalue weighted by molar-refractivity contribution is 9.10. The molecule has 2 aliphatic rings. The maximum Gasteiger partial charge on any atom is 0.244 e. The molecule has 3 atom stereocenters. The highest BCUT2D eigenvalue weighted by Crippen LogP contribution is 2.32. The van der Waals surface area contributed by atoms with Gasteiger partial charge in [-0.2, -0.15) is 15.3 Å². The third-order valence-electron chi connectivity index (χ3n) is 7.71. The summed E-state index contributed by atoms with van der Waals surface area (Å²) in [6.07, 6.45) is 5.58. The van der Waals surface area contributed by atoms with Crippen LogP contribution in [0.25, 0.3) is 27.6 Å². The number of carbonyl (C=O) groups excluding carboxylic acids is 2. The summed E-state index contributed by atoms with van der Waals surface area (Å²) in [6, 6.07) is 9.24. The van der Waals surface area contributed by atoms with Crippen molar-refractivity contribution in [3.05, 3.63) is 46.8 Å².